The highest BCUT2D eigenvalue weighted by Gasteiger charge is 2.24. The first-order chi connectivity index (χ1) is 9.16. The molecule has 0 aliphatic heterocycles. The number of rotatable bonds is 6. The van der Waals surface area contributed by atoms with Crippen LogP contribution in [0.3, 0.4) is 0 Å². The molecular formula is C11H16FN3O4S. The van der Waals surface area contributed by atoms with Crippen molar-refractivity contribution in [3.8, 4) is 0 Å². The normalized spacial score (nSPS) is 12.1. The number of benzene rings is 1. The van der Waals surface area contributed by atoms with Gasteiger partial charge in [0.25, 0.3) is 0 Å². The van der Waals surface area contributed by atoms with E-state index in [1.807, 2.05) is 4.90 Å². The number of hydrogen-bond donors (Lipinski definition) is 0. The van der Waals surface area contributed by atoms with Crippen LogP contribution in [0.1, 0.15) is 0 Å². The molecule has 9 heteroatoms. The Balaban J connectivity index is 3.04. The van der Waals surface area contributed by atoms with E-state index in [9.17, 15) is 22.9 Å². The van der Waals surface area contributed by atoms with Gasteiger partial charge in [0.1, 0.15) is 0 Å². The summed E-state index contributed by atoms with van der Waals surface area (Å²) in [4.78, 5) is 11.1. The highest BCUT2D eigenvalue weighted by molar-refractivity contribution is 7.89. The molecule has 20 heavy (non-hydrogen) atoms. The predicted molar refractivity (Wildman–Crippen MR) is 71.4 cm³/mol. The van der Waals surface area contributed by atoms with Crippen LogP contribution in [0.25, 0.3) is 0 Å². The Hall–Kier alpha value is -1.58. The number of likely N-dealkylation sites (N-methyl/N-ethyl adjacent to an activating group) is 2. The van der Waals surface area contributed by atoms with Crippen LogP contribution in [0.2, 0.25) is 0 Å². The lowest BCUT2D eigenvalue weighted by Crippen LogP contribution is -2.33. The molecule has 1 rings (SSSR count). The third-order valence-electron chi connectivity index (χ3n) is 2.69. The topological polar surface area (TPSA) is 83.8 Å². The second-order valence-corrected chi connectivity index (χ2v) is 6.55. The standard InChI is InChI=1S/C11H16FN3O4S/c1-13(2)6-7-14(3)20(18,19)9-4-5-11(15(16)17)10(12)8-9/h4-5,8H,6-7H2,1-3H3. The summed E-state index contributed by atoms with van der Waals surface area (Å²) in [6.45, 7) is 0.735. The van der Waals surface area contributed by atoms with Gasteiger partial charge in [-0.15, -0.1) is 0 Å². The fraction of sp³-hybridized carbons (Fsp3) is 0.455. The molecule has 7 nitrogen and oxygen atoms in total. The van der Waals surface area contributed by atoms with E-state index in [2.05, 4.69) is 0 Å². The van der Waals surface area contributed by atoms with E-state index in [0.29, 0.717) is 12.6 Å². The second-order valence-electron chi connectivity index (χ2n) is 4.50. The molecule has 112 valence electrons. The maximum Gasteiger partial charge on any atom is 0.304 e. The molecule has 0 aliphatic carbocycles. The highest BCUT2D eigenvalue weighted by Crippen LogP contribution is 2.22. The first-order valence-corrected chi connectivity index (χ1v) is 7.15. The van der Waals surface area contributed by atoms with E-state index >= 15 is 0 Å². The second kappa shape index (κ2) is 6.25. The zero-order chi connectivity index (χ0) is 15.5. The SMILES string of the molecule is CN(C)CCN(C)S(=O)(=O)c1ccc([N+](=O)[O-])c(F)c1. The molecule has 0 saturated heterocycles. The number of sulfonamides is 1. The average molecular weight is 305 g/mol. The molecule has 1 aromatic rings. The zero-order valence-electron chi connectivity index (χ0n) is 11.4. The molecule has 0 aromatic heterocycles. The van der Waals surface area contributed by atoms with Gasteiger partial charge in [-0.05, 0) is 20.2 Å². The van der Waals surface area contributed by atoms with Gasteiger partial charge in [-0.2, -0.15) is 8.70 Å². The summed E-state index contributed by atoms with van der Waals surface area (Å²) in [6.07, 6.45) is 0. The van der Waals surface area contributed by atoms with Crippen molar-refractivity contribution in [1.29, 1.82) is 0 Å². The maximum atomic E-state index is 13.5. The first kappa shape index (κ1) is 16.5. The zero-order valence-corrected chi connectivity index (χ0v) is 12.2. The van der Waals surface area contributed by atoms with Crippen LogP contribution in [0.15, 0.2) is 23.1 Å². The third kappa shape index (κ3) is 3.71. The quantitative estimate of drug-likeness (QED) is 0.576. The summed E-state index contributed by atoms with van der Waals surface area (Å²) >= 11 is 0. The minimum atomic E-state index is -3.86. The summed E-state index contributed by atoms with van der Waals surface area (Å²) in [7, 11) is 1.11. The Morgan fingerprint density at radius 2 is 1.85 bits per heavy atom. The number of nitrogens with zero attached hydrogens (tertiary/aromatic N) is 3. The lowest BCUT2D eigenvalue weighted by atomic mass is 10.3. The molecule has 0 N–H and O–H groups in total. The highest BCUT2D eigenvalue weighted by atomic mass is 32.2. The number of hydrogen-bond acceptors (Lipinski definition) is 5. The van der Waals surface area contributed by atoms with Crippen molar-refractivity contribution in [2.45, 2.75) is 4.90 Å². The summed E-state index contributed by atoms with van der Waals surface area (Å²) in [5, 5.41) is 10.5. The van der Waals surface area contributed by atoms with Crippen molar-refractivity contribution >= 4 is 15.7 Å². The summed E-state index contributed by atoms with van der Waals surface area (Å²) in [5.74, 6) is -1.17. The van der Waals surface area contributed by atoms with Crippen molar-refractivity contribution < 1.29 is 17.7 Å². The summed E-state index contributed by atoms with van der Waals surface area (Å²) in [6, 6.07) is 2.55. The molecular weight excluding hydrogens is 289 g/mol. The van der Waals surface area contributed by atoms with Gasteiger partial charge in [-0.3, -0.25) is 10.1 Å². The van der Waals surface area contributed by atoms with Crippen LogP contribution in [0.5, 0.6) is 0 Å². The molecule has 1 aromatic carbocycles. The van der Waals surface area contributed by atoms with Crippen LogP contribution >= 0.6 is 0 Å². The van der Waals surface area contributed by atoms with E-state index in [-0.39, 0.29) is 11.4 Å². The van der Waals surface area contributed by atoms with Gasteiger partial charge in [0.15, 0.2) is 0 Å². The molecule has 0 bridgehead atoms. The molecule has 0 saturated carbocycles. The van der Waals surface area contributed by atoms with Crippen molar-refractivity contribution in [3.63, 3.8) is 0 Å². The Morgan fingerprint density at radius 1 is 1.25 bits per heavy atom. The summed E-state index contributed by atoms with van der Waals surface area (Å²) in [5.41, 5.74) is -0.750. The van der Waals surface area contributed by atoms with E-state index in [0.717, 1.165) is 16.4 Å². The number of halogens is 1. The fourth-order valence-electron chi connectivity index (χ4n) is 1.44. The van der Waals surface area contributed by atoms with Gasteiger partial charge in [-0.1, -0.05) is 0 Å². The smallest absolute Gasteiger partial charge is 0.304 e. The molecule has 0 atom stereocenters. The van der Waals surface area contributed by atoms with E-state index in [1.54, 1.807) is 14.1 Å². The number of nitro benzene ring substituents is 1. The van der Waals surface area contributed by atoms with Crippen LogP contribution in [0, 0.1) is 15.9 Å². The molecule has 0 fully saturated rings. The van der Waals surface area contributed by atoms with Crippen molar-refractivity contribution in [2.24, 2.45) is 0 Å². The largest absolute Gasteiger partial charge is 0.308 e. The van der Waals surface area contributed by atoms with E-state index < -0.39 is 26.5 Å². The lowest BCUT2D eigenvalue weighted by molar-refractivity contribution is -0.387. The Kier molecular flexibility index (Phi) is 5.15. The predicted octanol–water partition coefficient (Wildman–Crippen LogP) is 0.916. The first-order valence-electron chi connectivity index (χ1n) is 5.71. The van der Waals surface area contributed by atoms with Gasteiger partial charge in [0.05, 0.1) is 9.82 Å². The average Bonchev–Trinajstić information content (AvgIpc) is 2.34. The van der Waals surface area contributed by atoms with Crippen LogP contribution in [0.4, 0.5) is 10.1 Å². The Bertz CT molecular complexity index is 604. The molecule has 0 aliphatic rings. The van der Waals surface area contributed by atoms with Crippen LogP contribution in [-0.2, 0) is 10.0 Å². The monoisotopic (exact) mass is 305 g/mol. The minimum Gasteiger partial charge on any atom is -0.308 e. The van der Waals surface area contributed by atoms with E-state index in [4.69, 9.17) is 0 Å². The molecule has 0 heterocycles. The van der Waals surface area contributed by atoms with Crippen molar-refractivity contribution in [1.82, 2.24) is 9.21 Å². The van der Waals surface area contributed by atoms with E-state index in [1.165, 1.54) is 7.05 Å². The molecule has 0 spiro atoms. The Labute approximate surface area is 116 Å². The van der Waals surface area contributed by atoms with Gasteiger partial charge in [-0.25, -0.2) is 8.42 Å². The molecule has 0 unspecified atom stereocenters. The Morgan fingerprint density at radius 3 is 2.30 bits per heavy atom. The van der Waals surface area contributed by atoms with Gasteiger partial charge >= 0.3 is 5.69 Å². The maximum absolute atomic E-state index is 13.5. The van der Waals surface area contributed by atoms with Gasteiger partial charge in [0.2, 0.25) is 15.8 Å². The van der Waals surface area contributed by atoms with Crippen molar-refractivity contribution in [3.05, 3.63) is 34.1 Å². The fourth-order valence-corrected chi connectivity index (χ4v) is 2.61. The van der Waals surface area contributed by atoms with Crippen molar-refractivity contribution in [2.75, 3.05) is 34.2 Å². The number of nitro groups is 1. The van der Waals surface area contributed by atoms with Gasteiger partial charge < -0.3 is 4.90 Å². The third-order valence-corrected chi connectivity index (χ3v) is 4.54. The molecule has 0 radical (unpaired) electrons. The summed E-state index contributed by atoms with van der Waals surface area (Å²) < 4.78 is 38.9. The lowest BCUT2D eigenvalue weighted by Gasteiger charge is -2.19. The van der Waals surface area contributed by atoms with Crippen LogP contribution < -0.4 is 0 Å². The van der Waals surface area contributed by atoms with Gasteiger partial charge in [0, 0.05) is 32.3 Å². The molecule has 0 amide bonds. The minimum absolute atomic E-state index is 0.230. The van der Waals surface area contributed by atoms with Crippen LogP contribution in [-0.4, -0.2) is 56.8 Å².